The van der Waals surface area contributed by atoms with Crippen molar-refractivity contribution in [2.45, 2.75) is 6.92 Å². The lowest BCUT2D eigenvalue weighted by molar-refractivity contribution is 0.0983. The van der Waals surface area contributed by atoms with Crippen LogP contribution in [-0.4, -0.2) is 22.5 Å². The highest BCUT2D eigenvalue weighted by atomic mass is 35.5. The number of pyridine rings is 1. The fourth-order valence-electron chi connectivity index (χ4n) is 1.74. The van der Waals surface area contributed by atoms with Crippen LogP contribution in [0.4, 0.5) is 5.69 Å². The van der Waals surface area contributed by atoms with Gasteiger partial charge in [0.1, 0.15) is 11.4 Å². The van der Waals surface area contributed by atoms with Gasteiger partial charge >= 0.3 is 0 Å². The van der Waals surface area contributed by atoms with Crippen molar-refractivity contribution >= 4 is 23.2 Å². The van der Waals surface area contributed by atoms with Gasteiger partial charge in [-0.3, -0.25) is 4.79 Å². The lowest BCUT2D eigenvalue weighted by Gasteiger charge is -2.20. The minimum atomic E-state index is -0.232. The van der Waals surface area contributed by atoms with E-state index >= 15 is 0 Å². The van der Waals surface area contributed by atoms with Crippen LogP contribution in [0, 0.1) is 0 Å². The Hall–Kier alpha value is -2.07. The van der Waals surface area contributed by atoms with Crippen LogP contribution in [0.3, 0.4) is 0 Å². The molecule has 1 aromatic heterocycles. The number of carbonyl (C=O) groups excluding carboxylic acids is 1. The summed E-state index contributed by atoms with van der Waals surface area (Å²) >= 11 is 5.75. The van der Waals surface area contributed by atoms with E-state index in [1.807, 2.05) is 6.92 Å². The summed E-state index contributed by atoms with van der Waals surface area (Å²) in [5.41, 5.74) is 0.943. The van der Waals surface area contributed by atoms with Crippen molar-refractivity contribution in [3.8, 4) is 5.75 Å². The lowest BCUT2D eigenvalue weighted by atomic mass is 10.2. The van der Waals surface area contributed by atoms with E-state index in [2.05, 4.69) is 4.98 Å². The third kappa shape index (κ3) is 3.03. The summed E-state index contributed by atoms with van der Waals surface area (Å²) in [7, 11) is 0. The lowest BCUT2D eigenvalue weighted by Crippen LogP contribution is -2.31. The van der Waals surface area contributed by atoms with Crippen molar-refractivity contribution in [1.82, 2.24) is 4.98 Å². The van der Waals surface area contributed by atoms with E-state index in [4.69, 9.17) is 11.6 Å². The molecule has 0 atom stereocenters. The van der Waals surface area contributed by atoms with Crippen LogP contribution in [0.1, 0.15) is 17.4 Å². The molecule has 0 aliphatic rings. The highest BCUT2D eigenvalue weighted by molar-refractivity contribution is 6.30. The summed E-state index contributed by atoms with van der Waals surface area (Å²) in [4.78, 5) is 17.9. The Kier molecular flexibility index (Phi) is 4.02. The molecule has 0 unspecified atom stereocenters. The van der Waals surface area contributed by atoms with Crippen LogP contribution < -0.4 is 4.90 Å². The number of aromatic nitrogens is 1. The Morgan fingerprint density at radius 2 is 2.16 bits per heavy atom. The second-order valence-corrected chi connectivity index (χ2v) is 4.37. The second-order valence-electron chi connectivity index (χ2n) is 3.93. The van der Waals surface area contributed by atoms with Gasteiger partial charge in [-0.2, -0.15) is 0 Å². The Morgan fingerprint density at radius 3 is 2.74 bits per heavy atom. The van der Waals surface area contributed by atoms with Crippen molar-refractivity contribution in [2.24, 2.45) is 0 Å². The minimum absolute atomic E-state index is 0.118. The Bertz CT molecular complexity index is 584. The van der Waals surface area contributed by atoms with E-state index in [1.54, 1.807) is 30.3 Å². The van der Waals surface area contributed by atoms with Gasteiger partial charge in [-0.1, -0.05) is 17.7 Å². The zero-order valence-corrected chi connectivity index (χ0v) is 11.1. The second kappa shape index (κ2) is 5.71. The highest BCUT2D eigenvalue weighted by Crippen LogP contribution is 2.21. The fraction of sp³-hybridized carbons (Fsp3) is 0.143. The number of rotatable bonds is 3. The monoisotopic (exact) mass is 276 g/mol. The molecular weight excluding hydrogens is 264 g/mol. The first-order valence-electron chi connectivity index (χ1n) is 5.84. The quantitative estimate of drug-likeness (QED) is 0.937. The molecule has 19 heavy (non-hydrogen) atoms. The predicted molar refractivity (Wildman–Crippen MR) is 74.7 cm³/mol. The Labute approximate surface area is 116 Å². The average Bonchev–Trinajstić information content (AvgIpc) is 2.40. The molecule has 0 aliphatic heterocycles. The van der Waals surface area contributed by atoms with Gasteiger partial charge in [-0.25, -0.2) is 4.98 Å². The van der Waals surface area contributed by atoms with E-state index in [-0.39, 0.29) is 11.7 Å². The number of anilines is 1. The van der Waals surface area contributed by atoms with Crippen molar-refractivity contribution in [3.05, 3.63) is 53.3 Å². The average molecular weight is 277 g/mol. The zero-order valence-electron chi connectivity index (χ0n) is 10.4. The smallest absolute Gasteiger partial charge is 0.276 e. The standard InChI is InChI=1S/C14H13ClN2O2/c1-2-17(11-4-3-5-12(18)8-11)14(19)13-7-6-10(15)9-16-13/h3-9,18H,2H2,1H3. The molecule has 1 amide bonds. The van der Waals surface area contributed by atoms with Gasteiger partial charge in [0.2, 0.25) is 0 Å². The van der Waals surface area contributed by atoms with Crippen LogP contribution >= 0.6 is 11.6 Å². The van der Waals surface area contributed by atoms with Gasteiger partial charge in [-0.15, -0.1) is 0 Å². The Morgan fingerprint density at radius 1 is 1.37 bits per heavy atom. The van der Waals surface area contributed by atoms with Crippen LogP contribution in [-0.2, 0) is 0 Å². The van der Waals surface area contributed by atoms with E-state index in [0.29, 0.717) is 22.9 Å². The number of aromatic hydroxyl groups is 1. The van der Waals surface area contributed by atoms with Crippen LogP contribution in [0.5, 0.6) is 5.75 Å². The number of halogens is 1. The number of phenolic OH excluding ortho intramolecular Hbond substituents is 1. The van der Waals surface area contributed by atoms with Gasteiger partial charge in [0.25, 0.3) is 5.91 Å². The number of phenols is 1. The zero-order chi connectivity index (χ0) is 13.8. The third-order valence-corrected chi connectivity index (χ3v) is 2.87. The van der Waals surface area contributed by atoms with E-state index in [1.165, 1.54) is 17.2 Å². The molecule has 0 bridgehead atoms. The summed E-state index contributed by atoms with van der Waals surface area (Å²) in [6.07, 6.45) is 1.44. The van der Waals surface area contributed by atoms with Crippen molar-refractivity contribution in [1.29, 1.82) is 0 Å². The summed E-state index contributed by atoms with van der Waals surface area (Å²) < 4.78 is 0. The molecule has 2 rings (SSSR count). The normalized spacial score (nSPS) is 10.2. The fourth-order valence-corrected chi connectivity index (χ4v) is 1.86. The van der Waals surface area contributed by atoms with E-state index < -0.39 is 0 Å². The molecule has 0 saturated carbocycles. The van der Waals surface area contributed by atoms with Crippen molar-refractivity contribution in [3.63, 3.8) is 0 Å². The number of benzene rings is 1. The summed E-state index contributed by atoms with van der Waals surface area (Å²) in [6, 6.07) is 9.75. The molecule has 1 aromatic carbocycles. The minimum Gasteiger partial charge on any atom is -0.508 e. The highest BCUT2D eigenvalue weighted by Gasteiger charge is 2.17. The summed E-state index contributed by atoms with van der Waals surface area (Å²) in [5, 5.41) is 9.96. The first kappa shape index (κ1) is 13.4. The van der Waals surface area contributed by atoms with Gasteiger partial charge in [0, 0.05) is 24.5 Å². The van der Waals surface area contributed by atoms with E-state index in [9.17, 15) is 9.90 Å². The maximum atomic E-state index is 12.3. The predicted octanol–water partition coefficient (Wildman–Crippen LogP) is 3.11. The van der Waals surface area contributed by atoms with Crippen molar-refractivity contribution < 1.29 is 9.90 Å². The molecule has 0 aliphatic carbocycles. The topological polar surface area (TPSA) is 53.4 Å². The maximum Gasteiger partial charge on any atom is 0.276 e. The molecule has 98 valence electrons. The molecule has 4 nitrogen and oxygen atoms in total. The molecule has 0 radical (unpaired) electrons. The number of nitrogens with zero attached hydrogens (tertiary/aromatic N) is 2. The molecule has 2 aromatic rings. The molecule has 0 saturated heterocycles. The SMILES string of the molecule is CCN(C(=O)c1ccc(Cl)cn1)c1cccc(O)c1. The third-order valence-electron chi connectivity index (χ3n) is 2.65. The number of hydrogen-bond acceptors (Lipinski definition) is 3. The summed E-state index contributed by atoms with van der Waals surface area (Å²) in [5.74, 6) is -0.113. The number of hydrogen-bond donors (Lipinski definition) is 1. The van der Waals surface area contributed by atoms with Crippen LogP contribution in [0.15, 0.2) is 42.6 Å². The molecule has 1 heterocycles. The van der Waals surface area contributed by atoms with E-state index in [0.717, 1.165) is 0 Å². The molecule has 0 fully saturated rings. The largest absolute Gasteiger partial charge is 0.508 e. The molecule has 5 heteroatoms. The molecular formula is C14H13ClN2O2. The van der Waals surface area contributed by atoms with Crippen LogP contribution in [0.2, 0.25) is 5.02 Å². The van der Waals surface area contributed by atoms with Gasteiger partial charge in [0.05, 0.1) is 5.02 Å². The first-order chi connectivity index (χ1) is 9.11. The number of carbonyl (C=O) groups is 1. The molecule has 1 N–H and O–H groups in total. The Balaban J connectivity index is 2.31. The van der Waals surface area contributed by atoms with Crippen molar-refractivity contribution in [2.75, 3.05) is 11.4 Å². The van der Waals surface area contributed by atoms with Gasteiger partial charge < -0.3 is 10.0 Å². The number of amides is 1. The van der Waals surface area contributed by atoms with Gasteiger partial charge in [-0.05, 0) is 31.2 Å². The maximum absolute atomic E-state index is 12.3. The summed E-state index contributed by atoms with van der Waals surface area (Å²) in [6.45, 7) is 2.34. The molecule has 0 spiro atoms. The van der Waals surface area contributed by atoms with Crippen LogP contribution in [0.25, 0.3) is 0 Å². The van der Waals surface area contributed by atoms with Gasteiger partial charge in [0.15, 0.2) is 0 Å². The first-order valence-corrected chi connectivity index (χ1v) is 6.22.